The number of nitrogens with zero attached hydrogens (tertiary/aromatic N) is 7. The first-order chi connectivity index (χ1) is 15.7. The molecule has 5 rings (SSSR count). The number of aromatic nitrogens is 6. The maximum atomic E-state index is 5.74. The fraction of sp³-hybridized carbons (Fsp3) is 0.591. The molecule has 1 saturated carbocycles. The highest BCUT2D eigenvalue weighted by atomic mass is 16.5. The van der Waals surface area contributed by atoms with Gasteiger partial charge < -0.3 is 20.7 Å². The van der Waals surface area contributed by atoms with Crippen molar-refractivity contribution in [3.63, 3.8) is 0 Å². The van der Waals surface area contributed by atoms with E-state index < -0.39 is 0 Å². The number of rotatable bonds is 7. The Bertz CT molecular complexity index is 1050. The molecule has 0 unspecified atom stereocenters. The van der Waals surface area contributed by atoms with Crippen molar-refractivity contribution in [1.82, 2.24) is 29.5 Å². The summed E-state index contributed by atoms with van der Waals surface area (Å²) >= 11 is 0. The van der Waals surface area contributed by atoms with Gasteiger partial charge in [0.1, 0.15) is 11.2 Å². The van der Waals surface area contributed by atoms with Crippen molar-refractivity contribution < 1.29 is 4.74 Å². The SMILES string of the molecule is CCCCNc1nc2c(-c3cnc(N)nc3)nc(N3CCOCC3)nc2n1C1CCCC1. The van der Waals surface area contributed by atoms with E-state index >= 15 is 0 Å². The molecule has 4 heterocycles. The van der Waals surface area contributed by atoms with Gasteiger partial charge in [0, 0.05) is 43.6 Å². The number of morpholine rings is 1. The van der Waals surface area contributed by atoms with E-state index in [4.69, 9.17) is 25.4 Å². The van der Waals surface area contributed by atoms with Crippen LogP contribution in [0, 0.1) is 0 Å². The topological polar surface area (TPSA) is 120 Å². The van der Waals surface area contributed by atoms with E-state index in [-0.39, 0.29) is 5.95 Å². The van der Waals surface area contributed by atoms with Crippen LogP contribution in [0.25, 0.3) is 22.4 Å². The molecule has 0 atom stereocenters. The number of nitrogens with one attached hydrogen (secondary N) is 1. The second-order valence-electron chi connectivity index (χ2n) is 8.50. The fourth-order valence-electron chi connectivity index (χ4n) is 4.54. The molecule has 2 fully saturated rings. The van der Waals surface area contributed by atoms with E-state index in [1.165, 1.54) is 12.8 Å². The highest BCUT2D eigenvalue weighted by Crippen LogP contribution is 2.37. The highest BCUT2D eigenvalue weighted by Gasteiger charge is 2.27. The third kappa shape index (κ3) is 4.06. The van der Waals surface area contributed by atoms with Crippen molar-refractivity contribution in [2.75, 3.05) is 48.8 Å². The Labute approximate surface area is 187 Å². The minimum absolute atomic E-state index is 0.242. The Morgan fingerprint density at radius 1 is 1.09 bits per heavy atom. The summed E-state index contributed by atoms with van der Waals surface area (Å²) in [7, 11) is 0. The number of nitrogen functional groups attached to an aromatic ring is 1. The molecule has 170 valence electrons. The molecule has 3 aromatic rings. The van der Waals surface area contributed by atoms with Crippen LogP contribution in [-0.4, -0.2) is 62.3 Å². The number of hydrogen-bond donors (Lipinski definition) is 2. The van der Waals surface area contributed by atoms with Gasteiger partial charge in [-0.3, -0.25) is 4.57 Å². The van der Waals surface area contributed by atoms with Gasteiger partial charge >= 0.3 is 0 Å². The summed E-state index contributed by atoms with van der Waals surface area (Å²) in [6.07, 6.45) is 10.4. The second kappa shape index (κ2) is 9.23. The van der Waals surface area contributed by atoms with E-state index in [0.717, 1.165) is 73.7 Å². The van der Waals surface area contributed by atoms with Crippen molar-refractivity contribution in [2.45, 2.75) is 51.5 Å². The molecule has 1 aliphatic heterocycles. The number of anilines is 3. The summed E-state index contributed by atoms with van der Waals surface area (Å²) < 4.78 is 7.85. The summed E-state index contributed by atoms with van der Waals surface area (Å²) in [6.45, 7) is 5.96. The van der Waals surface area contributed by atoms with Crippen molar-refractivity contribution in [1.29, 1.82) is 0 Å². The molecule has 3 N–H and O–H groups in total. The molecule has 10 heteroatoms. The summed E-state index contributed by atoms with van der Waals surface area (Å²) in [5.74, 6) is 1.82. The summed E-state index contributed by atoms with van der Waals surface area (Å²) in [6, 6.07) is 0.395. The van der Waals surface area contributed by atoms with Crippen molar-refractivity contribution in [3.05, 3.63) is 12.4 Å². The van der Waals surface area contributed by atoms with Crippen LogP contribution >= 0.6 is 0 Å². The van der Waals surface area contributed by atoms with Gasteiger partial charge in [-0.1, -0.05) is 26.2 Å². The number of unbranched alkanes of at least 4 members (excludes halogenated alkanes) is 1. The first-order valence-electron chi connectivity index (χ1n) is 11.7. The van der Waals surface area contributed by atoms with Crippen LogP contribution < -0.4 is 16.0 Å². The number of nitrogens with two attached hydrogens (primary N) is 1. The molecule has 0 spiro atoms. The molecule has 1 aliphatic carbocycles. The zero-order chi connectivity index (χ0) is 21.9. The lowest BCUT2D eigenvalue weighted by Crippen LogP contribution is -2.37. The smallest absolute Gasteiger partial charge is 0.228 e. The van der Waals surface area contributed by atoms with E-state index in [9.17, 15) is 0 Å². The van der Waals surface area contributed by atoms with Crippen LogP contribution in [0.4, 0.5) is 17.8 Å². The number of hydrogen-bond acceptors (Lipinski definition) is 9. The first-order valence-corrected chi connectivity index (χ1v) is 11.7. The van der Waals surface area contributed by atoms with Crippen molar-refractivity contribution >= 4 is 29.0 Å². The van der Waals surface area contributed by atoms with Crippen LogP contribution in [0.2, 0.25) is 0 Å². The minimum Gasteiger partial charge on any atom is -0.378 e. The van der Waals surface area contributed by atoms with E-state index in [1.807, 2.05) is 0 Å². The molecule has 0 radical (unpaired) electrons. The normalized spacial score (nSPS) is 17.3. The molecule has 2 aliphatic rings. The maximum absolute atomic E-state index is 5.74. The predicted octanol–water partition coefficient (Wildman–Crippen LogP) is 3.03. The zero-order valence-electron chi connectivity index (χ0n) is 18.6. The average Bonchev–Trinajstić information content (AvgIpc) is 3.47. The van der Waals surface area contributed by atoms with E-state index in [0.29, 0.717) is 25.2 Å². The third-order valence-corrected chi connectivity index (χ3v) is 6.27. The van der Waals surface area contributed by atoms with Crippen molar-refractivity contribution in [2.24, 2.45) is 0 Å². The Morgan fingerprint density at radius 2 is 1.84 bits per heavy atom. The predicted molar refractivity (Wildman–Crippen MR) is 125 cm³/mol. The number of ether oxygens (including phenoxy) is 1. The minimum atomic E-state index is 0.242. The average molecular weight is 438 g/mol. The van der Waals surface area contributed by atoms with E-state index in [2.05, 4.69) is 31.7 Å². The highest BCUT2D eigenvalue weighted by molar-refractivity contribution is 5.90. The van der Waals surface area contributed by atoms with Gasteiger partial charge in [-0.25, -0.2) is 19.9 Å². The molecule has 1 saturated heterocycles. The first kappa shape index (κ1) is 20.9. The monoisotopic (exact) mass is 437 g/mol. The Kier molecular flexibility index (Phi) is 6.02. The molecule has 10 nitrogen and oxygen atoms in total. The molecular formula is C22H31N9O. The number of fused-ring (bicyclic) bond motifs is 1. The van der Waals surface area contributed by atoms with Crippen LogP contribution in [-0.2, 0) is 4.74 Å². The zero-order valence-corrected chi connectivity index (χ0v) is 18.6. The van der Waals surface area contributed by atoms with Gasteiger partial charge in [0.05, 0.1) is 13.2 Å². The summed E-state index contributed by atoms with van der Waals surface area (Å²) in [5, 5.41) is 3.57. The van der Waals surface area contributed by atoms with Gasteiger partial charge in [0.25, 0.3) is 0 Å². The lowest BCUT2D eigenvalue weighted by molar-refractivity contribution is 0.122. The van der Waals surface area contributed by atoms with Crippen LogP contribution in [0.5, 0.6) is 0 Å². The van der Waals surface area contributed by atoms with Gasteiger partial charge in [-0.15, -0.1) is 0 Å². The molecule has 0 bridgehead atoms. The summed E-state index contributed by atoms with van der Waals surface area (Å²) in [4.78, 5) is 25.6. The third-order valence-electron chi connectivity index (χ3n) is 6.27. The Balaban J connectivity index is 1.68. The molecular weight excluding hydrogens is 406 g/mol. The maximum Gasteiger partial charge on any atom is 0.228 e. The second-order valence-corrected chi connectivity index (χ2v) is 8.50. The number of imidazole rings is 1. The Morgan fingerprint density at radius 3 is 2.56 bits per heavy atom. The lowest BCUT2D eigenvalue weighted by Gasteiger charge is -2.27. The molecule has 3 aromatic heterocycles. The van der Waals surface area contributed by atoms with Gasteiger partial charge in [-0.05, 0) is 19.3 Å². The van der Waals surface area contributed by atoms with Gasteiger partial charge in [-0.2, -0.15) is 4.98 Å². The largest absolute Gasteiger partial charge is 0.378 e. The van der Waals surface area contributed by atoms with Crippen molar-refractivity contribution in [3.8, 4) is 11.3 Å². The molecule has 0 aromatic carbocycles. The van der Waals surface area contributed by atoms with Gasteiger partial charge in [0.15, 0.2) is 5.65 Å². The molecule has 0 amide bonds. The molecule has 32 heavy (non-hydrogen) atoms. The lowest BCUT2D eigenvalue weighted by atomic mass is 10.2. The van der Waals surface area contributed by atoms with E-state index in [1.54, 1.807) is 12.4 Å². The quantitative estimate of drug-likeness (QED) is 0.537. The fourth-order valence-corrected chi connectivity index (χ4v) is 4.54. The standard InChI is InChI=1S/C22H31N9O/c1-2-3-8-24-21-28-18-17(15-13-25-20(23)26-14-15)27-22(30-9-11-32-12-10-30)29-19(18)31(21)16-6-4-5-7-16/h13-14,16H,2-12H2,1H3,(H,24,28)(H2,23,25,26). The van der Waals surface area contributed by atoms with Crippen LogP contribution in [0.1, 0.15) is 51.5 Å². The summed E-state index contributed by atoms with van der Waals surface area (Å²) in [5.41, 5.74) is 8.92. The Hall–Kier alpha value is -3.01. The van der Waals surface area contributed by atoms with Crippen LogP contribution in [0.15, 0.2) is 12.4 Å². The van der Waals surface area contributed by atoms with Gasteiger partial charge in [0.2, 0.25) is 17.8 Å². The van der Waals surface area contributed by atoms with Crippen LogP contribution in [0.3, 0.4) is 0 Å².